The molecule has 0 spiro atoms. The maximum absolute atomic E-state index is 11.5. The first kappa shape index (κ1) is 15.8. The van der Waals surface area contributed by atoms with E-state index in [2.05, 4.69) is 21.2 Å². The Morgan fingerprint density at radius 3 is 2.42 bits per heavy atom. The number of halogens is 1. The number of ether oxygens (including phenoxy) is 2. The summed E-state index contributed by atoms with van der Waals surface area (Å²) in [4.78, 5) is 11.5. The summed E-state index contributed by atoms with van der Waals surface area (Å²) in [6.07, 6.45) is -0.563. The van der Waals surface area contributed by atoms with Gasteiger partial charge in [0.2, 0.25) is 0 Å². The standard InChI is InChI=1S/C14H20BrNO3/c1-10(9-16-13(17)19-14(2,3)4)18-12-7-5-11(15)6-8-12/h5-8,10H,9H2,1-4H3,(H,16,17)/t10-/m0/s1. The topological polar surface area (TPSA) is 47.6 Å². The van der Waals surface area contributed by atoms with E-state index in [4.69, 9.17) is 9.47 Å². The van der Waals surface area contributed by atoms with Crippen molar-refractivity contribution in [2.24, 2.45) is 0 Å². The van der Waals surface area contributed by atoms with Crippen molar-refractivity contribution in [3.63, 3.8) is 0 Å². The normalized spacial score (nSPS) is 12.7. The van der Waals surface area contributed by atoms with Crippen LogP contribution in [0.5, 0.6) is 5.75 Å². The lowest BCUT2D eigenvalue weighted by molar-refractivity contribution is 0.0505. The van der Waals surface area contributed by atoms with Gasteiger partial charge >= 0.3 is 6.09 Å². The zero-order chi connectivity index (χ0) is 14.5. The van der Waals surface area contributed by atoms with Crippen molar-refractivity contribution in [1.82, 2.24) is 5.32 Å². The molecule has 1 atom stereocenters. The molecule has 1 N–H and O–H groups in total. The molecule has 0 heterocycles. The molecule has 1 aromatic carbocycles. The lowest BCUT2D eigenvalue weighted by Gasteiger charge is -2.21. The summed E-state index contributed by atoms with van der Waals surface area (Å²) >= 11 is 3.36. The van der Waals surface area contributed by atoms with Crippen molar-refractivity contribution in [2.75, 3.05) is 6.54 Å². The van der Waals surface area contributed by atoms with Crippen LogP contribution in [0.3, 0.4) is 0 Å². The second-order valence-corrected chi connectivity index (χ2v) is 6.18. The van der Waals surface area contributed by atoms with E-state index in [0.29, 0.717) is 6.54 Å². The maximum atomic E-state index is 11.5. The second kappa shape index (κ2) is 6.80. The van der Waals surface area contributed by atoms with E-state index in [1.165, 1.54) is 0 Å². The van der Waals surface area contributed by atoms with E-state index in [9.17, 15) is 4.79 Å². The number of amides is 1. The van der Waals surface area contributed by atoms with Gasteiger partial charge in [-0.05, 0) is 52.0 Å². The highest BCUT2D eigenvalue weighted by atomic mass is 79.9. The van der Waals surface area contributed by atoms with Gasteiger partial charge < -0.3 is 14.8 Å². The highest BCUT2D eigenvalue weighted by Crippen LogP contribution is 2.17. The Balaban J connectivity index is 2.33. The van der Waals surface area contributed by atoms with Crippen LogP contribution in [0.4, 0.5) is 4.79 Å². The van der Waals surface area contributed by atoms with Gasteiger partial charge in [0.05, 0.1) is 6.54 Å². The minimum atomic E-state index is -0.486. The summed E-state index contributed by atoms with van der Waals surface area (Å²) < 4.78 is 11.8. The fraction of sp³-hybridized carbons (Fsp3) is 0.500. The van der Waals surface area contributed by atoms with Crippen LogP contribution in [0.25, 0.3) is 0 Å². The number of hydrogen-bond acceptors (Lipinski definition) is 3. The van der Waals surface area contributed by atoms with E-state index in [-0.39, 0.29) is 6.10 Å². The molecular weight excluding hydrogens is 310 g/mol. The lowest BCUT2D eigenvalue weighted by atomic mass is 10.2. The van der Waals surface area contributed by atoms with E-state index in [1.807, 2.05) is 52.0 Å². The zero-order valence-electron chi connectivity index (χ0n) is 11.7. The number of alkyl carbamates (subject to hydrolysis) is 1. The molecule has 0 radical (unpaired) electrons. The van der Waals surface area contributed by atoms with Gasteiger partial charge in [-0.25, -0.2) is 4.79 Å². The molecule has 0 fully saturated rings. The summed E-state index contributed by atoms with van der Waals surface area (Å²) in [6.45, 7) is 7.77. The molecule has 0 aliphatic rings. The van der Waals surface area contributed by atoms with Crippen LogP contribution in [0.2, 0.25) is 0 Å². The smallest absolute Gasteiger partial charge is 0.407 e. The Labute approximate surface area is 122 Å². The minimum Gasteiger partial charge on any atom is -0.489 e. The molecule has 19 heavy (non-hydrogen) atoms. The van der Waals surface area contributed by atoms with Gasteiger partial charge in [0.25, 0.3) is 0 Å². The average molecular weight is 330 g/mol. The van der Waals surface area contributed by atoms with Gasteiger partial charge in [-0.1, -0.05) is 15.9 Å². The fourth-order valence-corrected chi connectivity index (χ4v) is 1.59. The van der Waals surface area contributed by atoms with Gasteiger partial charge in [-0.3, -0.25) is 0 Å². The summed E-state index contributed by atoms with van der Waals surface area (Å²) in [5.74, 6) is 0.765. The van der Waals surface area contributed by atoms with E-state index < -0.39 is 11.7 Å². The van der Waals surface area contributed by atoms with Crippen molar-refractivity contribution in [1.29, 1.82) is 0 Å². The molecule has 1 amide bonds. The number of rotatable bonds is 4. The molecule has 106 valence electrons. The molecule has 4 nitrogen and oxygen atoms in total. The summed E-state index contributed by atoms with van der Waals surface area (Å²) in [5, 5.41) is 2.68. The molecule has 1 rings (SSSR count). The number of carbonyl (C=O) groups is 1. The Morgan fingerprint density at radius 1 is 1.32 bits per heavy atom. The molecule has 0 aliphatic heterocycles. The summed E-state index contributed by atoms with van der Waals surface area (Å²) in [7, 11) is 0. The summed E-state index contributed by atoms with van der Waals surface area (Å²) in [5.41, 5.74) is -0.486. The first-order chi connectivity index (χ1) is 8.76. The Morgan fingerprint density at radius 2 is 1.89 bits per heavy atom. The Bertz CT molecular complexity index is 412. The molecule has 0 aromatic heterocycles. The minimum absolute atomic E-state index is 0.131. The van der Waals surface area contributed by atoms with Gasteiger partial charge in [-0.2, -0.15) is 0 Å². The fourth-order valence-electron chi connectivity index (χ4n) is 1.33. The van der Waals surface area contributed by atoms with Crippen molar-refractivity contribution in [3.05, 3.63) is 28.7 Å². The van der Waals surface area contributed by atoms with Crippen molar-refractivity contribution < 1.29 is 14.3 Å². The third kappa shape index (κ3) is 7.06. The van der Waals surface area contributed by atoms with Crippen LogP contribution in [0.1, 0.15) is 27.7 Å². The number of carbonyl (C=O) groups excluding carboxylic acids is 1. The monoisotopic (exact) mass is 329 g/mol. The number of nitrogens with one attached hydrogen (secondary N) is 1. The largest absolute Gasteiger partial charge is 0.489 e. The molecule has 0 aliphatic carbocycles. The molecule has 0 bridgehead atoms. The molecule has 0 unspecified atom stereocenters. The van der Waals surface area contributed by atoms with E-state index >= 15 is 0 Å². The van der Waals surface area contributed by atoms with Crippen LogP contribution in [-0.2, 0) is 4.74 Å². The molecule has 0 saturated heterocycles. The SMILES string of the molecule is C[C@@H](CNC(=O)OC(C)(C)C)Oc1ccc(Br)cc1. The van der Waals surface area contributed by atoms with E-state index in [1.54, 1.807) is 0 Å². The number of benzene rings is 1. The van der Waals surface area contributed by atoms with Crippen molar-refractivity contribution in [2.45, 2.75) is 39.4 Å². The van der Waals surface area contributed by atoms with Gasteiger partial charge in [-0.15, -0.1) is 0 Å². The van der Waals surface area contributed by atoms with E-state index in [0.717, 1.165) is 10.2 Å². The maximum Gasteiger partial charge on any atom is 0.407 e. The molecular formula is C14H20BrNO3. The predicted octanol–water partition coefficient (Wildman–Crippen LogP) is 3.74. The second-order valence-electron chi connectivity index (χ2n) is 5.27. The van der Waals surface area contributed by atoms with Gasteiger partial charge in [0.1, 0.15) is 17.5 Å². The van der Waals surface area contributed by atoms with Gasteiger partial charge in [0, 0.05) is 4.47 Å². The first-order valence-electron chi connectivity index (χ1n) is 6.15. The van der Waals surface area contributed by atoms with Crippen molar-refractivity contribution >= 4 is 22.0 Å². The van der Waals surface area contributed by atoms with Crippen LogP contribution in [0, 0.1) is 0 Å². The zero-order valence-corrected chi connectivity index (χ0v) is 13.3. The Kier molecular flexibility index (Phi) is 5.66. The predicted molar refractivity (Wildman–Crippen MR) is 78.5 cm³/mol. The highest BCUT2D eigenvalue weighted by molar-refractivity contribution is 9.10. The van der Waals surface area contributed by atoms with Gasteiger partial charge in [0.15, 0.2) is 0 Å². The molecule has 1 aromatic rings. The third-order valence-corrected chi connectivity index (χ3v) is 2.61. The van der Waals surface area contributed by atoms with Crippen LogP contribution in [-0.4, -0.2) is 24.3 Å². The Hall–Kier alpha value is -1.23. The summed E-state index contributed by atoms with van der Waals surface area (Å²) in [6, 6.07) is 7.55. The average Bonchev–Trinajstić information content (AvgIpc) is 2.27. The van der Waals surface area contributed by atoms with Crippen LogP contribution < -0.4 is 10.1 Å². The van der Waals surface area contributed by atoms with Crippen LogP contribution in [0.15, 0.2) is 28.7 Å². The van der Waals surface area contributed by atoms with Crippen LogP contribution >= 0.6 is 15.9 Å². The number of hydrogen-bond donors (Lipinski definition) is 1. The van der Waals surface area contributed by atoms with Crippen molar-refractivity contribution in [3.8, 4) is 5.75 Å². The molecule has 5 heteroatoms. The lowest BCUT2D eigenvalue weighted by Crippen LogP contribution is -2.37. The highest BCUT2D eigenvalue weighted by Gasteiger charge is 2.16. The first-order valence-corrected chi connectivity index (χ1v) is 6.94. The third-order valence-electron chi connectivity index (χ3n) is 2.08. The quantitative estimate of drug-likeness (QED) is 0.915. The molecule has 0 saturated carbocycles.